The number of unbranched alkanes of at least 4 members (excludes halogenated alkanes) is 1. The summed E-state index contributed by atoms with van der Waals surface area (Å²) in [5.41, 5.74) is 0.797. The third-order valence-electron chi connectivity index (χ3n) is 2.58. The Morgan fingerprint density at radius 1 is 1.22 bits per heavy atom. The van der Waals surface area contributed by atoms with Crippen LogP contribution in [0, 0.1) is 0 Å². The smallest absolute Gasteiger partial charge is 0.123 e. The van der Waals surface area contributed by atoms with Crippen LogP contribution < -0.4 is 5.32 Å². The molecule has 0 saturated carbocycles. The van der Waals surface area contributed by atoms with Crippen LogP contribution in [-0.2, 0) is 11.3 Å². The quantitative estimate of drug-likeness (QED) is 0.623. The van der Waals surface area contributed by atoms with Gasteiger partial charge < -0.3 is 20.3 Å². The van der Waals surface area contributed by atoms with E-state index in [0.717, 1.165) is 31.6 Å². The summed E-state index contributed by atoms with van der Waals surface area (Å²) in [6.07, 6.45) is 2.38. The van der Waals surface area contributed by atoms with E-state index in [-0.39, 0.29) is 11.5 Å². The van der Waals surface area contributed by atoms with E-state index in [1.807, 2.05) is 13.8 Å². The molecule has 0 saturated heterocycles. The van der Waals surface area contributed by atoms with Crippen molar-refractivity contribution in [2.45, 2.75) is 39.3 Å². The number of phenolic OH excluding ortho intramolecular Hbond substituents is 2. The van der Waals surface area contributed by atoms with Crippen molar-refractivity contribution in [2.24, 2.45) is 0 Å². The van der Waals surface area contributed by atoms with Crippen LogP contribution in [0.4, 0.5) is 0 Å². The van der Waals surface area contributed by atoms with Crippen molar-refractivity contribution in [2.75, 3.05) is 13.2 Å². The zero-order valence-corrected chi connectivity index (χ0v) is 11.1. The second kappa shape index (κ2) is 7.95. The van der Waals surface area contributed by atoms with Crippen LogP contribution in [-0.4, -0.2) is 29.5 Å². The first-order valence-electron chi connectivity index (χ1n) is 6.42. The highest BCUT2D eigenvalue weighted by Gasteiger charge is 2.01. The van der Waals surface area contributed by atoms with Gasteiger partial charge in [0.25, 0.3) is 0 Å². The predicted octanol–water partition coefficient (Wildman–Crippen LogP) is 2.39. The molecule has 4 nitrogen and oxygen atoms in total. The standard InChI is InChI=1S/C14H23NO3/c1-11(2)18-8-4-3-7-15-10-12-5-6-13(16)9-14(12)17/h5-6,9,11,15-17H,3-4,7-8,10H2,1-2H3. The number of ether oxygens (including phenoxy) is 1. The highest BCUT2D eigenvalue weighted by atomic mass is 16.5. The lowest BCUT2D eigenvalue weighted by molar-refractivity contribution is 0.0760. The van der Waals surface area contributed by atoms with Gasteiger partial charge in [-0.15, -0.1) is 0 Å². The van der Waals surface area contributed by atoms with Crippen molar-refractivity contribution in [3.05, 3.63) is 23.8 Å². The van der Waals surface area contributed by atoms with E-state index in [0.29, 0.717) is 12.6 Å². The van der Waals surface area contributed by atoms with Crippen LogP contribution >= 0.6 is 0 Å². The van der Waals surface area contributed by atoms with E-state index in [4.69, 9.17) is 9.84 Å². The number of phenols is 2. The van der Waals surface area contributed by atoms with Gasteiger partial charge in [0.15, 0.2) is 0 Å². The van der Waals surface area contributed by atoms with Crippen molar-refractivity contribution >= 4 is 0 Å². The third-order valence-corrected chi connectivity index (χ3v) is 2.58. The molecular formula is C14H23NO3. The normalized spacial score (nSPS) is 11.1. The van der Waals surface area contributed by atoms with Crippen LogP contribution in [0.25, 0.3) is 0 Å². The monoisotopic (exact) mass is 253 g/mol. The minimum absolute atomic E-state index is 0.0853. The van der Waals surface area contributed by atoms with Gasteiger partial charge in [0.1, 0.15) is 11.5 Å². The SMILES string of the molecule is CC(C)OCCCCNCc1ccc(O)cc1O. The zero-order valence-electron chi connectivity index (χ0n) is 11.1. The Balaban J connectivity index is 2.11. The molecule has 0 aliphatic carbocycles. The van der Waals surface area contributed by atoms with Crippen molar-refractivity contribution in [3.8, 4) is 11.5 Å². The first-order valence-corrected chi connectivity index (χ1v) is 6.42. The van der Waals surface area contributed by atoms with Crippen molar-refractivity contribution in [1.82, 2.24) is 5.32 Å². The van der Waals surface area contributed by atoms with Gasteiger partial charge in [0, 0.05) is 24.8 Å². The molecule has 0 aliphatic heterocycles. The van der Waals surface area contributed by atoms with Gasteiger partial charge in [-0.3, -0.25) is 0 Å². The highest BCUT2D eigenvalue weighted by Crippen LogP contribution is 2.22. The van der Waals surface area contributed by atoms with Gasteiger partial charge in [-0.1, -0.05) is 6.07 Å². The Morgan fingerprint density at radius 2 is 2.00 bits per heavy atom. The molecule has 0 aromatic heterocycles. The average molecular weight is 253 g/mol. The molecule has 0 aliphatic rings. The molecule has 0 unspecified atom stereocenters. The van der Waals surface area contributed by atoms with Crippen molar-refractivity contribution < 1.29 is 14.9 Å². The molecular weight excluding hydrogens is 230 g/mol. The second-order valence-corrected chi connectivity index (χ2v) is 4.62. The molecule has 1 aromatic rings. The molecule has 1 aromatic carbocycles. The maximum absolute atomic E-state index is 9.57. The molecule has 0 fully saturated rings. The molecule has 0 amide bonds. The summed E-state index contributed by atoms with van der Waals surface area (Å²) in [7, 11) is 0. The number of nitrogens with one attached hydrogen (secondary N) is 1. The molecule has 0 spiro atoms. The van der Waals surface area contributed by atoms with Crippen molar-refractivity contribution in [1.29, 1.82) is 0 Å². The summed E-state index contributed by atoms with van der Waals surface area (Å²) >= 11 is 0. The fourth-order valence-electron chi connectivity index (χ4n) is 1.60. The van der Waals surface area contributed by atoms with Crippen molar-refractivity contribution in [3.63, 3.8) is 0 Å². The Hall–Kier alpha value is -1.26. The topological polar surface area (TPSA) is 61.7 Å². The lowest BCUT2D eigenvalue weighted by Crippen LogP contribution is -2.15. The molecule has 102 valence electrons. The van der Waals surface area contributed by atoms with E-state index in [1.165, 1.54) is 6.07 Å². The van der Waals surface area contributed by atoms with Gasteiger partial charge >= 0.3 is 0 Å². The summed E-state index contributed by atoms with van der Waals surface area (Å²) < 4.78 is 5.44. The van der Waals surface area contributed by atoms with Crippen LogP contribution in [0.15, 0.2) is 18.2 Å². The molecule has 0 heterocycles. The van der Waals surface area contributed by atoms with E-state index in [1.54, 1.807) is 12.1 Å². The lowest BCUT2D eigenvalue weighted by atomic mass is 10.2. The fraction of sp³-hybridized carbons (Fsp3) is 0.571. The van der Waals surface area contributed by atoms with Gasteiger partial charge in [0.2, 0.25) is 0 Å². The van der Waals surface area contributed by atoms with E-state index in [2.05, 4.69) is 5.32 Å². The highest BCUT2D eigenvalue weighted by molar-refractivity contribution is 5.38. The lowest BCUT2D eigenvalue weighted by Gasteiger charge is -2.08. The van der Waals surface area contributed by atoms with E-state index < -0.39 is 0 Å². The molecule has 1 rings (SSSR count). The minimum Gasteiger partial charge on any atom is -0.508 e. The van der Waals surface area contributed by atoms with Crippen LogP contribution in [0.2, 0.25) is 0 Å². The number of hydrogen-bond acceptors (Lipinski definition) is 4. The Bertz CT molecular complexity index is 353. The summed E-state index contributed by atoms with van der Waals surface area (Å²) in [6.45, 7) is 6.36. The van der Waals surface area contributed by atoms with Gasteiger partial charge in [-0.25, -0.2) is 0 Å². The van der Waals surface area contributed by atoms with Crippen LogP contribution in [0.1, 0.15) is 32.3 Å². The molecule has 4 heteroatoms. The van der Waals surface area contributed by atoms with Crippen LogP contribution in [0.5, 0.6) is 11.5 Å². The van der Waals surface area contributed by atoms with E-state index >= 15 is 0 Å². The summed E-state index contributed by atoms with van der Waals surface area (Å²) in [6, 6.07) is 4.65. The first kappa shape index (κ1) is 14.8. The summed E-state index contributed by atoms with van der Waals surface area (Å²) in [4.78, 5) is 0. The second-order valence-electron chi connectivity index (χ2n) is 4.62. The number of benzene rings is 1. The number of aromatic hydroxyl groups is 2. The first-order chi connectivity index (χ1) is 8.59. The Kier molecular flexibility index (Phi) is 6.54. The zero-order chi connectivity index (χ0) is 13.4. The third kappa shape index (κ3) is 5.89. The maximum atomic E-state index is 9.57. The molecule has 0 bridgehead atoms. The van der Waals surface area contributed by atoms with Gasteiger partial charge in [-0.05, 0) is 39.3 Å². The predicted molar refractivity (Wildman–Crippen MR) is 71.8 cm³/mol. The van der Waals surface area contributed by atoms with Gasteiger partial charge in [0.05, 0.1) is 6.10 Å². The average Bonchev–Trinajstić information content (AvgIpc) is 2.30. The Labute approximate surface area is 109 Å². The molecule has 18 heavy (non-hydrogen) atoms. The van der Waals surface area contributed by atoms with Crippen LogP contribution in [0.3, 0.4) is 0 Å². The number of hydrogen-bond donors (Lipinski definition) is 3. The summed E-state index contributed by atoms with van der Waals surface area (Å²) in [5.74, 6) is 0.215. The minimum atomic E-state index is 0.0853. The molecule has 0 atom stereocenters. The fourth-order valence-corrected chi connectivity index (χ4v) is 1.60. The molecule has 3 N–H and O–H groups in total. The summed E-state index contributed by atoms with van der Waals surface area (Å²) in [5, 5.41) is 22.0. The van der Waals surface area contributed by atoms with E-state index in [9.17, 15) is 5.11 Å². The molecule has 0 radical (unpaired) electrons. The maximum Gasteiger partial charge on any atom is 0.123 e. The number of rotatable bonds is 8. The Morgan fingerprint density at radius 3 is 2.67 bits per heavy atom. The van der Waals surface area contributed by atoms with Gasteiger partial charge in [-0.2, -0.15) is 0 Å². The largest absolute Gasteiger partial charge is 0.508 e.